The largest absolute Gasteiger partial charge is 0.294 e. The molecule has 4 rings (SSSR count). The normalized spacial score (nSPS) is 14.3. The van der Waals surface area contributed by atoms with Crippen LogP contribution >= 0.6 is 0 Å². The topological polar surface area (TPSA) is 54.8 Å². The lowest BCUT2D eigenvalue weighted by molar-refractivity contribution is 0.238. The maximum atomic E-state index is 14.0. The van der Waals surface area contributed by atoms with E-state index in [1.165, 1.54) is 6.20 Å². The van der Waals surface area contributed by atoms with Gasteiger partial charge in [0.15, 0.2) is 5.82 Å². The van der Waals surface area contributed by atoms with E-state index in [2.05, 4.69) is 19.9 Å². The van der Waals surface area contributed by atoms with Crippen LogP contribution in [0.2, 0.25) is 0 Å². The Hall–Kier alpha value is -2.73. The molecule has 0 bridgehead atoms. The van der Waals surface area contributed by atoms with E-state index in [9.17, 15) is 4.39 Å². The van der Waals surface area contributed by atoms with E-state index in [1.807, 2.05) is 31.3 Å². The second-order valence-corrected chi connectivity index (χ2v) is 6.26. The van der Waals surface area contributed by atoms with Crippen molar-refractivity contribution in [3.63, 3.8) is 0 Å². The van der Waals surface area contributed by atoms with Crippen LogP contribution in [0.1, 0.15) is 22.4 Å². The van der Waals surface area contributed by atoms with Crippen LogP contribution < -0.4 is 0 Å². The average Bonchev–Trinajstić information content (AvgIpc) is 2.65. The highest BCUT2D eigenvalue weighted by Gasteiger charge is 2.20. The molecule has 0 fully saturated rings. The van der Waals surface area contributed by atoms with Gasteiger partial charge in [0, 0.05) is 67.5 Å². The van der Waals surface area contributed by atoms with Gasteiger partial charge in [0.1, 0.15) is 0 Å². The highest BCUT2D eigenvalue weighted by atomic mass is 19.1. The van der Waals surface area contributed by atoms with Gasteiger partial charge in [0.25, 0.3) is 0 Å². The van der Waals surface area contributed by atoms with Gasteiger partial charge in [-0.3, -0.25) is 9.88 Å². The molecule has 3 aromatic heterocycles. The fourth-order valence-electron chi connectivity index (χ4n) is 3.12. The molecule has 3 aromatic rings. The van der Waals surface area contributed by atoms with Crippen molar-refractivity contribution in [1.82, 2.24) is 24.8 Å². The number of hydrogen-bond donors (Lipinski definition) is 0. The number of rotatable bonds is 3. The summed E-state index contributed by atoms with van der Waals surface area (Å²) in [6.45, 7) is 4.03. The summed E-state index contributed by atoms with van der Waals surface area (Å²) in [6.07, 6.45) is 7.71. The van der Waals surface area contributed by atoms with E-state index in [0.717, 1.165) is 47.7 Å². The number of hydrogen-bond acceptors (Lipinski definition) is 5. The molecule has 0 N–H and O–H groups in total. The van der Waals surface area contributed by atoms with Crippen LogP contribution in [-0.2, 0) is 19.5 Å². The minimum absolute atomic E-state index is 0.380. The summed E-state index contributed by atoms with van der Waals surface area (Å²) in [5.41, 5.74) is 4.74. The predicted octanol–water partition coefficient (Wildman–Crippen LogP) is 2.94. The second kappa shape index (κ2) is 6.64. The summed E-state index contributed by atoms with van der Waals surface area (Å²) < 4.78 is 14.0. The second-order valence-electron chi connectivity index (χ2n) is 6.26. The molecule has 0 saturated carbocycles. The zero-order chi connectivity index (χ0) is 17.2. The molecule has 5 nitrogen and oxygen atoms in total. The van der Waals surface area contributed by atoms with Gasteiger partial charge in [-0.25, -0.2) is 15.0 Å². The molecular formula is C19H18FN5. The maximum Gasteiger partial charge on any atom is 0.217 e. The maximum absolute atomic E-state index is 14.0. The first kappa shape index (κ1) is 15.8. The number of fused-ring (bicyclic) bond motifs is 1. The lowest BCUT2D eigenvalue weighted by atomic mass is 10.0. The standard InChI is InChI=1S/C19H18FN5/c1-13-2-8-22-18(20)16(13)12-25-9-5-17-15(11-25)10-23-19(24-17)14-3-6-21-7-4-14/h2-4,6-8,10H,5,9,11-12H2,1H3. The monoisotopic (exact) mass is 335 g/mol. The van der Waals surface area contributed by atoms with E-state index in [-0.39, 0.29) is 5.95 Å². The van der Waals surface area contributed by atoms with E-state index >= 15 is 0 Å². The molecule has 6 heteroatoms. The van der Waals surface area contributed by atoms with Gasteiger partial charge in [-0.15, -0.1) is 0 Å². The van der Waals surface area contributed by atoms with Gasteiger partial charge in [0.2, 0.25) is 5.95 Å². The number of aryl methyl sites for hydroxylation is 1. The number of nitrogens with zero attached hydrogens (tertiary/aromatic N) is 5. The van der Waals surface area contributed by atoms with Crippen molar-refractivity contribution in [3.05, 3.63) is 71.3 Å². The van der Waals surface area contributed by atoms with Crippen LogP contribution in [0.25, 0.3) is 11.4 Å². The van der Waals surface area contributed by atoms with Crippen LogP contribution in [0.15, 0.2) is 43.0 Å². The van der Waals surface area contributed by atoms with Crippen molar-refractivity contribution in [2.45, 2.75) is 26.4 Å². The molecule has 1 aliphatic heterocycles. The van der Waals surface area contributed by atoms with E-state index in [0.29, 0.717) is 12.1 Å². The molecule has 1 aliphatic rings. The first-order valence-electron chi connectivity index (χ1n) is 8.28. The van der Waals surface area contributed by atoms with Crippen molar-refractivity contribution < 1.29 is 4.39 Å². The molecule has 0 aromatic carbocycles. The number of aromatic nitrogens is 4. The Morgan fingerprint density at radius 1 is 1.12 bits per heavy atom. The molecule has 0 amide bonds. The first-order chi connectivity index (χ1) is 12.2. The summed E-state index contributed by atoms with van der Waals surface area (Å²) in [5, 5.41) is 0. The van der Waals surface area contributed by atoms with Crippen molar-refractivity contribution in [2.75, 3.05) is 6.54 Å². The van der Waals surface area contributed by atoms with Crippen LogP contribution in [0.3, 0.4) is 0 Å². The molecule has 0 radical (unpaired) electrons. The lowest BCUT2D eigenvalue weighted by Crippen LogP contribution is -2.31. The Balaban J connectivity index is 1.54. The Morgan fingerprint density at radius 3 is 2.76 bits per heavy atom. The quantitative estimate of drug-likeness (QED) is 0.689. The molecule has 0 saturated heterocycles. The SMILES string of the molecule is Cc1ccnc(F)c1CN1CCc2nc(-c3ccncc3)ncc2C1. The van der Waals surface area contributed by atoms with E-state index in [1.54, 1.807) is 12.4 Å². The summed E-state index contributed by atoms with van der Waals surface area (Å²) in [4.78, 5) is 19.2. The summed E-state index contributed by atoms with van der Waals surface area (Å²) in [6, 6.07) is 5.66. The fourth-order valence-corrected chi connectivity index (χ4v) is 3.12. The molecule has 4 heterocycles. The molecule has 0 aliphatic carbocycles. The van der Waals surface area contributed by atoms with Gasteiger partial charge in [-0.05, 0) is 30.7 Å². The highest BCUT2D eigenvalue weighted by Crippen LogP contribution is 2.23. The third-order valence-electron chi connectivity index (χ3n) is 4.57. The Morgan fingerprint density at radius 2 is 1.96 bits per heavy atom. The van der Waals surface area contributed by atoms with Gasteiger partial charge in [-0.2, -0.15) is 4.39 Å². The minimum atomic E-state index is -0.380. The zero-order valence-corrected chi connectivity index (χ0v) is 14.0. The van der Waals surface area contributed by atoms with E-state index in [4.69, 9.17) is 4.98 Å². The molecular weight excluding hydrogens is 317 g/mol. The van der Waals surface area contributed by atoms with Gasteiger partial charge in [0.05, 0.1) is 5.69 Å². The van der Waals surface area contributed by atoms with Gasteiger partial charge >= 0.3 is 0 Å². The molecule has 0 atom stereocenters. The number of halogens is 1. The molecule has 0 spiro atoms. The van der Waals surface area contributed by atoms with Crippen molar-refractivity contribution >= 4 is 0 Å². The third kappa shape index (κ3) is 3.25. The third-order valence-corrected chi connectivity index (χ3v) is 4.57. The average molecular weight is 335 g/mol. The molecule has 25 heavy (non-hydrogen) atoms. The Kier molecular flexibility index (Phi) is 4.19. The summed E-state index contributed by atoms with van der Waals surface area (Å²) in [7, 11) is 0. The van der Waals surface area contributed by atoms with Crippen LogP contribution in [0.5, 0.6) is 0 Å². The zero-order valence-electron chi connectivity index (χ0n) is 14.0. The van der Waals surface area contributed by atoms with Crippen molar-refractivity contribution in [1.29, 1.82) is 0 Å². The Bertz CT molecular complexity index is 877. The fraction of sp³-hybridized carbons (Fsp3) is 0.263. The molecule has 126 valence electrons. The highest BCUT2D eigenvalue weighted by molar-refractivity contribution is 5.54. The van der Waals surface area contributed by atoms with Crippen LogP contribution in [0.4, 0.5) is 4.39 Å². The smallest absolute Gasteiger partial charge is 0.217 e. The van der Waals surface area contributed by atoms with Crippen LogP contribution in [0, 0.1) is 12.9 Å². The van der Waals surface area contributed by atoms with Crippen LogP contribution in [-0.4, -0.2) is 31.4 Å². The van der Waals surface area contributed by atoms with Crippen molar-refractivity contribution in [2.24, 2.45) is 0 Å². The molecule has 0 unspecified atom stereocenters. The number of pyridine rings is 2. The Labute approximate surface area is 145 Å². The van der Waals surface area contributed by atoms with Gasteiger partial charge in [-0.1, -0.05) is 0 Å². The minimum Gasteiger partial charge on any atom is -0.294 e. The summed E-state index contributed by atoms with van der Waals surface area (Å²) in [5.74, 6) is 0.346. The predicted molar refractivity (Wildman–Crippen MR) is 92.0 cm³/mol. The lowest BCUT2D eigenvalue weighted by Gasteiger charge is -2.28. The first-order valence-corrected chi connectivity index (χ1v) is 8.28. The summed E-state index contributed by atoms with van der Waals surface area (Å²) >= 11 is 0. The van der Waals surface area contributed by atoms with Gasteiger partial charge < -0.3 is 0 Å². The van der Waals surface area contributed by atoms with Crippen molar-refractivity contribution in [3.8, 4) is 11.4 Å². The van der Waals surface area contributed by atoms with E-state index < -0.39 is 0 Å².